The van der Waals surface area contributed by atoms with Crippen LogP contribution in [0.2, 0.25) is 0 Å². The summed E-state index contributed by atoms with van der Waals surface area (Å²) in [5.41, 5.74) is 0.956. The standard InChI is InChI=1S/C19H19N5O4S/c1-11-15-18(22-14-7-4-10-23(14)19(15)26)29-16(11)17(25)21-9-8-20-12-5-2-3-6-13(12)24(27)28/h2-3,5-6,20H,4,7-10H2,1H3,(H,21,25). The number of carbonyl (C=O) groups is 1. The van der Waals surface area contributed by atoms with Crippen molar-refractivity contribution >= 4 is 38.8 Å². The molecule has 0 saturated carbocycles. The van der Waals surface area contributed by atoms with Crippen molar-refractivity contribution in [2.24, 2.45) is 0 Å². The topological polar surface area (TPSA) is 119 Å². The van der Waals surface area contributed by atoms with Crippen LogP contribution in [0.3, 0.4) is 0 Å². The zero-order chi connectivity index (χ0) is 20.5. The second-order valence-corrected chi connectivity index (χ2v) is 7.78. The number of carbonyl (C=O) groups excluding carboxylic acids is 1. The van der Waals surface area contributed by atoms with E-state index in [1.165, 1.54) is 17.4 Å². The lowest BCUT2D eigenvalue weighted by atomic mass is 10.2. The maximum Gasteiger partial charge on any atom is 0.292 e. The third kappa shape index (κ3) is 3.46. The number of hydrogen-bond donors (Lipinski definition) is 2. The van der Waals surface area contributed by atoms with Crippen LogP contribution in [0.4, 0.5) is 11.4 Å². The zero-order valence-corrected chi connectivity index (χ0v) is 16.5. The van der Waals surface area contributed by atoms with Gasteiger partial charge in [-0.15, -0.1) is 11.3 Å². The molecule has 1 aliphatic heterocycles. The number of anilines is 1. The molecule has 0 atom stereocenters. The molecule has 29 heavy (non-hydrogen) atoms. The quantitative estimate of drug-likeness (QED) is 0.364. The highest BCUT2D eigenvalue weighted by Crippen LogP contribution is 2.28. The van der Waals surface area contributed by atoms with Crippen molar-refractivity contribution in [2.75, 3.05) is 18.4 Å². The van der Waals surface area contributed by atoms with Crippen LogP contribution in [-0.2, 0) is 13.0 Å². The average Bonchev–Trinajstić information content (AvgIpc) is 3.30. The third-order valence-electron chi connectivity index (χ3n) is 4.94. The summed E-state index contributed by atoms with van der Waals surface area (Å²) in [6, 6.07) is 6.35. The predicted octanol–water partition coefficient (Wildman–Crippen LogP) is 2.46. The van der Waals surface area contributed by atoms with Crippen molar-refractivity contribution in [2.45, 2.75) is 26.3 Å². The Labute approximate surface area is 169 Å². The Morgan fingerprint density at radius 3 is 2.93 bits per heavy atom. The lowest BCUT2D eigenvalue weighted by Crippen LogP contribution is -2.28. The minimum absolute atomic E-state index is 0.0150. The Hall–Kier alpha value is -3.27. The number of thiophene rings is 1. The molecule has 9 nitrogen and oxygen atoms in total. The van der Waals surface area contributed by atoms with Gasteiger partial charge in [-0.1, -0.05) is 12.1 Å². The first-order chi connectivity index (χ1) is 14.0. The van der Waals surface area contributed by atoms with Crippen molar-refractivity contribution in [1.29, 1.82) is 0 Å². The van der Waals surface area contributed by atoms with Crippen molar-refractivity contribution in [3.05, 3.63) is 61.0 Å². The molecule has 10 heteroatoms. The number of nitrogens with zero attached hydrogens (tertiary/aromatic N) is 3. The molecule has 1 aromatic carbocycles. The van der Waals surface area contributed by atoms with E-state index in [9.17, 15) is 19.7 Å². The molecule has 1 aliphatic rings. The summed E-state index contributed by atoms with van der Waals surface area (Å²) in [5, 5.41) is 17.3. The van der Waals surface area contributed by atoms with E-state index in [0.29, 0.717) is 39.4 Å². The molecule has 3 aromatic rings. The third-order valence-corrected chi connectivity index (χ3v) is 6.13. The van der Waals surface area contributed by atoms with Crippen molar-refractivity contribution < 1.29 is 9.72 Å². The zero-order valence-electron chi connectivity index (χ0n) is 15.7. The first kappa shape index (κ1) is 19.1. The number of fused-ring (bicyclic) bond motifs is 2. The van der Waals surface area contributed by atoms with Crippen LogP contribution in [0, 0.1) is 17.0 Å². The number of nitro benzene ring substituents is 1. The Morgan fingerprint density at radius 2 is 2.14 bits per heavy atom. The summed E-state index contributed by atoms with van der Waals surface area (Å²) in [6.07, 6.45) is 1.69. The minimum atomic E-state index is -0.454. The molecule has 0 spiro atoms. The summed E-state index contributed by atoms with van der Waals surface area (Å²) in [5.74, 6) is 0.504. The number of benzene rings is 1. The number of aromatic nitrogens is 2. The van der Waals surface area contributed by atoms with Crippen LogP contribution in [0.5, 0.6) is 0 Å². The van der Waals surface area contributed by atoms with Crippen LogP contribution >= 0.6 is 11.3 Å². The molecule has 0 radical (unpaired) electrons. The summed E-state index contributed by atoms with van der Waals surface area (Å²) in [4.78, 5) is 41.5. The fourth-order valence-electron chi connectivity index (χ4n) is 3.53. The Balaban J connectivity index is 1.45. The van der Waals surface area contributed by atoms with Gasteiger partial charge in [-0.3, -0.25) is 24.3 Å². The van der Waals surface area contributed by atoms with E-state index >= 15 is 0 Å². The molecule has 1 amide bonds. The van der Waals surface area contributed by atoms with Gasteiger partial charge in [-0.2, -0.15) is 0 Å². The van der Waals surface area contributed by atoms with Crippen LogP contribution < -0.4 is 16.2 Å². The summed E-state index contributed by atoms with van der Waals surface area (Å²) in [7, 11) is 0. The first-order valence-corrected chi connectivity index (χ1v) is 10.1. The van der Waals surface area contributed by atoms with Crippen molar-refractivity contribution in [3.8, 4) is 0 Å². The smallest absolute Gasteiger partial charge is 0.292 e. The fraction of sp³-hybridized carbons (Fsp3) is 0.316. The molecule has 0 bridgehead atoms. The molecular weight excluding hydrogens is 394 g/mol. The van der Waals surface area contributed by atoms with Crippen molar-refractivity contribution in [1.82, 2.24) is 14.9 Å². The van der Waals surface area contributed by atoms with Gasteiger partial charge in [0, 0.05) is 32.1 Å². The Kier molecular flexibility index (Phi) is 5.01. The van der Waals surface area contributed by atoms with Gasteiger partial charge < -0.3 is 10.6 Å². The van der Waals surface area contributed by atoms with Gasteiger partial charge in [0.15, 0.2) is 0 Å². The lowest BCUT2D eigenvalue weighted by Gasteiger charge is -2.08. The predicted molar refractivity (Wildman–Crippen MR) is 111 cm³/mol. The second-order valence-electron chi connectivity index (χ2n) is 6.78. The number of hydrogen-bond acceptors (Lipinski definition) is 7. The van der Waals surface area contributed by atoms with E-state index in [1.807, 2.05) is 0 Å². The van der Waals surface area contributed by atoms with Gasteiger partial charge in [0.25, 0.3) is 17.2 Å². The SMILES string of the molecule is Cc1c(C(=O)NCCNc2ccccc2[N+](=O)[O-])sc2nc3n(c(=O)c12)CCC3. The van der Waals surface area contributed by atoms with Gasteiger partial charge in [-0.25, -0.2) is 4.98 Å². The van der Waals surface area contributed by atoms with Crippen LogP contribution in [-0.4, -0.2) is 33.5 Å². The molecule has 0 aliphatic carbocycles. The van der Waals surface area contributed by atoms with Gasteiger partial charge in [-0.05, 0) is 25.0 Å². The summed E-state index contributed by atoms with van der Waals surface area (Å²) in [6.45, 7) is 3.05. The highest BCUT2D eigenvalue weighted by Gasteiger charge is 2.23. The lowest BCUT2D eigenvalue weighted by molar-refractivity contribution is -0.384. The highest BCUT2D eigenvalue weighted by atomic mass is 32.1. The summed E-state index contributed by atoms with van der Waals surface area (Å²) >= 11 is 1.23. The van der Waals surface area contributed by atoms with E-state index in [4.69, 9.17) is 0 Å². The van der Waals surface area contributed by atoms with Crippen molar-refractivity contribution in [3.63, 3.8) is 0 Å². The summed E-state index contributed by atoms with van der Waals surface area (Å²) < 4.78 is 1.69. The molecule has 3 heterocycles. The number of para-hydroxylation sites is 2. The normalized spacial score (nSPS) is 12.7. The number of nitrogens with one attached hydrogen (secondary N) is 2. The second kappa shape index (κ2) is 7.63. The van der Waals surface area contributed by atoms with E-state index in [1.54, 1.807) is 29.7 Å². The molecule has 150 valence electrons. The Bertz CT molecular complexity index is 1180. The number of rotatable bonds is 6. The number of nitro groups is 1. The van der Waals surface area contributed by atoms with Crippen LogP contribution in [0.15, 0.2) is 29.1 Å². The van der Waals surface area contributed by atoms with E-state index < -0.39 is 4.92 Å². The molecule has 2 aromatic heterocycles. The monoisotopic (exact) mass is 413 g/mol. The van der Waals surface area contributed by atoms with E-state index in [2.05, 4.69) is 15.6 Å². The molecule has 0 fully saturated rings. The largest absolute Gasteiger partial charge is 0.378 e. The highest BCUT2D eigenvalue weighted by molar-refractivity contribution is 7.20. The average molecular weight is 413 g/mol. The van der Waals surface area contributed by atoms with Gasteiger partial charge >= 0.3 is 0 Å². The minimum Gasteiger partial charge on any atom is -0.378 e. The Morgan fingerprint density at radius 1 is 1.34 bits per heavy atom. The molecule has 2 N–H and O–H groups in total. The van der Waals surface area contributed by atoms with Gasteiger partial charge in [0.1, 0.15) is 16.3 Å². The van der Waals surface area contributed by atoms with E-state index in [-0.39, 0.29) is 23.7 Å². The van der Waals surface area contributed by atoms with Crippen LogP contribution in [0.25, 0.3) is 10.2 Å². The van der Waals surface area contributed by atoms with Crippen LogP contribution in [0.1, 0.15) is 27.5 Å². The number of aryl methyl sites for hydroxylation is 2. The fourth-order valence-corrected chi connectivity index (χ4v) is 4.63. The van der Waals surface area contributed by atoms with Gasteiger partial charge in [0.05, 0.1) is 15.2 Å². The molecule has 0 saturated heterocycles. The van der Waals surface area contributed by atoms with Gasteiger partial charge in [0.2, 0.25) is 0 Å². The molecule has 0 unspecified atom stereocenters. The number of amides is 1. The molecular formula is C19H19N5O4S. The first-order valence-electron chi connectivity index (χ1n) is 9.25. The van der Waals surface area contributed by atoms with E-state index in [0.717, 1.165) is 18.7 Å². The maximum absolute atomic E-state index is 12.7. The molecule has 4 rings (SSSR count). The maximum atomic E-state index is 12.7.